The maximum absolute atomic E-state index is 9.25. The normalized spacial score (nSPS) is 12.4. The molecule has 1 rings (SSSR count). The zero-order valence-corrected chi connectivity index (χ0v) is 12.3. The summed E-state index contributed by atoms with van der Waals surface area (Å²) in [7, 11) is 0. The fraction of sp³-hybridized carbons (Fsp3) is 0.562. The topological polar surface area (TPSA) is 39.1 Å². The summed E-state index contributed by atoms with van der Waals surface area (Å²) in [6, 6.07) is 10.3. The molecule has 3 nitrogen and oxygen atoms in total. The lowest BCUT2D eigenvalue weighted by molar-refractivity contribution is 0.297. The number of nitriles is 1. The highest BCUT2D eigenvalue weighted by atomic mass is 15.1. The molecule has 19 heavy (non-hydrogen) atoms. The zero-order valence-electron chi connectivity index (χ0n) is 12.3. The summed E-state index contributed by atoms with van der Waals surface area (Å²) >= 11 is 0. The number of hydrogen-bond donors (Lipinski definition) is 1. The Labute approximate surface area is 117 Å². The van der Waals surface area contributed by atoms with Gasteiger partial charge < -0.3 is 4.90 Å². The van der Waals surface area contributed by atoms with Crippen molar-refractivity contribution in [3.63, 3.8) is 0 Å². The molecule has 0 amide bonds. The third-order valence-corrected chi connectivity index (χ3v) is 3.40. The molecule has 0 aromatic heterocycles. The predicted octanol–water partition coefficient (Wildman–Crippen LogP) is 2.88. The van der Waals surface area contributed by atoms with E-state index in [9.17, 15) is 5.26 Å². The van der Waals surface area contributed by atoms with Crippen molar-refractivity contribution in [2.75, 3.05) is 26.2 Å². The van der Waals surface area contributed by atoms with Gasteiger partial charge in [-0.15, -0.1) is 0 Å². The molecule has 1 aromatic rings. The van der Waals surface area contributed by atoms with Crippen LogP contribution >= 0.6 is 0 Å². The molecule has 1 aromatic carbocycles. The second-order valence-corrected chi connectivity index (χ2v) is 4.81. The fourth-order valence-corrected chi connectivity index (χ4v) is 2.18. The molecule has 0 aliphatic rings. The van der Waals surface area contributed by atoms with E-state index in [-0.39, 0.29) is 6.04 Å². The number of hydrogen-bond acceptors (Lipinski definition) is 3. The molecule has 0 spiro atoms. The highest BCUT2D eigenvalue weighted by Crippen LogP contribution is 2.13. The molecule has 3 heteroatoms. The second-order valence-electron chi connectivity index (χ2n) is 4.81. The fourth-order valence-electron chi connectivity index (χ4n) is 2.18. The average molecular weight is 259 g/mol. The Morgan fingerprint density at radius 3 is 2.63 bits per heavy atom. The van der Waals surface area contributed by atoms with E-state index < -0.39 is 0 Å². The molecule has 1 unspecified atom stereocenters. The summed E-state index contributed by atoms with van der Waals surface area (Å²) in [5, 5.41) is 12.6. The van der Waals surface area contributed by atoms with Crippen LogP contribution in [0.2, 0.25) is 0 Å². The first-order chi connectivity index (χ1) is 9.21. The van der Waals surface area contributed by atoms with E-state index in [2.05, 4.69) is 49.2 Å². The molecule has 0 aliphatic heterocycles. The van der Waals surface area contributed by atoms with Gasteiger partial charge in [0.25, 0.3) is 0 Å². The highest BCUT2D eigenvalue weighted by Gasteiger charge is 2.09. The Morgan fingerprint density at radius 1 is 1.32 bits per heavy atom. The van der Waals surface area contributed by atoms with Crippen molar-refractivity contribution in [3.8, 4) is 6.07 Å². The molecule has 0 radical (unpaired) electrons. The van der Waals surface area contributed by atoms with E-state index in [1.807, 2.05) is 12.1 Å². The Hall–Kier alpha value is -1.37. The van der Waals surface area contributed by atoms with Gasteiger partial charge in [0.1, 0.15) is 6.04 Å². The van der Waals surface area contributed by atoms with Crippen molar-refractivity contribution in [2.45, 2.75) is 33.2 Å². The van der Waals surface area contributed by atoms with Crippen LogP contribution in [0.15, 0.2) is 24.3 Å². The summed E-state index contributed by atoms with van der Waals surface area (Å²) in [4.78, 5) is 2.40. The second kappa shape index (κ2) is 8.68. The SMILES string of the molecule is CCN(CC)CCCNC(C#N)c1cccc(C)c1. The Morgan fingerprint density at radius 2 is 2.05 bits per heavy atom. The van der Waals surface area contributed by atoms with Crippen LogP contribution in [0.1, 0.15) is 37.4 Å². The van der Waals surface area contributed by atoms with Gasteiger partial charge in [-0.3, -0.25) is 5.32 Å². The first-order valence-electron chi connectivity index (χ1n) is 7.13. The molecule has 1 atom stereocenters. The molecule has 0 saturated heterocycles. The third kappa shape index (κ3) is 5.42. The van der Waals surface area contributed by atoms with Crippen LogP contribution in [-0.4, -0.2) is 31.1 Å². The first kappa shape index (κ1) is 15.7. The van der Waals surface area contributed by atoms with E-state index >= 15 is 0 Å². The van der Waals surface area contributed by atoms with Crippen LogP contribution in [0.5, 0.6) is 0 Å². The maximum Gasteiger partial charge on any atom is 0.121 e. The molecule has 1 N–H and O–H groups in total. The summed E-state index contributed by atoms with van der Waals surface area (Å²) in [6.45, 7) is 10.6. The van der Waals surface area contributed by atoms with Gasteiger partial charge in [0, 0.05) is 0 Å². The van der Waals surface area contributed by atoms with E-state index in [0.29, 0.717) is 0 Å². The van der Waals surface area contributed by atoms with E-state index in [1.54, 1.807) is 0 Å². The van der Waals surface area contributed by atoms with Crippen molar-refractivity contribution in [3.05, 3.63) is 35.4 Å². The number of nitrogens with zero attached hydrogens (tertiary/aromatic N) is 2. The van der Waals surface area contributed by atoms with Gasteiger partial charge in [-0.25, -0.2) is 0 Å². The van der Waals surface area contributed by atoms with E-state index in [4.69, 9.17) is 0 Å². The smallest absolute Gasteiger partial charge is 0.121 e. The summed E-state index contributed by atoms with van der Waals surface area (Å²) in [5.74, 6) is 0. The van der Waals surface area contributed by atoms with Crippen molar-refractivity contribution < 1.29 is 0 Å². The van der Waals surface area contributed by atoms with Gasteiger partial charge >= 0.3 is 0 Å². The van der Waals surface area contributed by atoms with Crippen molar-refractivity contribution in [2.24, 2.45) is 0 Å². The lowest BCUT2D eigenvalue weighted by Gasteiger charge is -2.18. The highest BCUT2D eigenvalue weighted by molar-refractivity contribution is 5.28. The minimum absolute atomic E-state index is 0.198. The summed E-state index contributed by atoms with van der Waals surface area (Å²) in [6.07, 6.45) is 1.08. The Kier molecular flexibility index (Phi) is 7.17. The summed E-state index contributed by atoms with van der Waals surface area (Å²) < 4.78 is 0. The number of benzene rings is 1. The number of rotatable bonds is 8. The van der Waals surface area contributed by atoms with Crippen LogP contribution in [0.3, 0.4) is 0 Å². The van der Waals surface area contributed by atoms with Gasteiger partial charge in [0.05, 0.1) is 6.07 Å². The lowest BCUT2D eigenvalue weighted by Crippen LogP contribution is -2.28. The van der Waals surface area contributed by atoms with Crippen molar-refractivity contribution >= 4 is 0 Å². The quantitative estimate of drug-likeness (QED) is 0.730. The first-order valence-corrected chi connectivity index (χ1v) is 7.13. The molecule has 0 heterocycles. The van der Waals surface area contributed by atoms with Crippen LogP contribution in [0, 0.1) is 18.3 Å². The monoisotopic (exact) mass is 259 g/mol. The van der Waals surface area contributed by atoms with Crippen LogP contribution in [-0.2, 0) is 0 Å². The van der Waals surface area contributed by atoms with Gasteiger partial charge in [-0.2, -0.15) is 5.26 Å². The molecule has 104 valence electrons. The average Bonchev–Trinajstić information content (AvgIpc) is 2.43. The Balaban J connectivity index is 2.40. The molecule has 0 fully saturated rings. The lowest BCUT2D eigenvalue weighted by atomic mass is 10.1. The minimum atomic E-state index is -0.198. The van der Waals surface area contributed by atoms with Gasteiger partial charge in [-0.05, 0) is 45.1 Å². The molecule has 0 aliphatic carbocycles. The van der Waals surface area contributed by atoms with Crippen molar-refractivity contribution in [1.29, 1.82) is 5.26 Å². The number of nitrogens with one attached hydrogen (secondary N) is 1. The van der Waals surface area contributed by atoms with Crippen LogP contribution in [0.25, 0.3) is 0 Å². The molecule has 0 saturated carbocycles. The molecular formula is C16H25N3. The van der Waals surface area contributed by atoms with E-state index in [1.165, 1.54) is 5.56 Å². The van der Waals surface area contributed by atoms with Crippen LogP contribution < -0.4 is 5.32 Å². The van der Waals surface area contributed by atoms with Crippen LogP contribution in [0.4, 0.5) is 0 Å². The third-order valence-electron chi connectivity index (χ3n) is 3.40. The van der Waals surface area contributed by atoms with Gasteiger partial charge in [0.2, 0.25) is 0 Å². The maximum atomic E-state index is 9.25. The minimum Gasteiger partial charge on any atom is -0.304 e. The van der Waals surface area contributed by atoms with Gasteiger partial charge in [0.15, 0.2) is 0 Å². The summed E-state index contributed by atoms with van der Waals surface area (Å²) in [5.41, 5.74) is 2.26. The largest absolute Gasteiger partial charge is 0.304 e. The molecule has 0 bridgehead atoms. The predicted molar refractivity (Wildman–Crippen MR) is 79.9 cm³/mol. The van der Waals surface area contributed by atoms with Gasteiger partial charge in [-0.1, -0.05) is 43.7 Å². The Bertz CT molecular complexity index is 405. The van der Waals surface area contributed by atoms with Crippen molar-refractivity contribution in [1.82, 2.24) is 10.2 Å². The zero-order chi connectivity index (χ0) is 14.1. The molecular weight excluding hydrogens is 234 g/mol. The van der Waals surface area contributed by atoms with E-state index in [0.717, 1.165) is 38.2 Å². The standard InChI is InChI=1S/C16H25N3/c1-4-19(5-2)11-7-10-18-16(13-17)15-9-6-8-14(3)12-15/h6,8-9,12,16,18H,4-5,7,10-11H2,1-3H3. The number of aryl methyl sites for hydroxylation is 1.